The van der Waals surface area contributed by atoms with E-state index < -0.39 is 0 Å². The Labute approximate surface area is 109 Å². The molecule has 0 bridgehead atoms. The van der Waals surface area contributed by atoms with Gasteiger partial charge in [-0.2, -0.15) is 0 Å². The fourth-order valence-electron chi connectivity index (χ4n) is 1.78. The van der Waals surface area contributed by atoms with Crippen LogP contribution < -0.4 is 5.32 Å². The molecule has 0 saturated heterocycles. The van der Waals surface area contributed by atoms with Gasteiger partial charge in [-0.1, -0.05) is 26.0 Å². The molecule has 0 fully saturated rings. The van der Waals surface area contributed by atoms with Gasteiger partial charge in [0.05, 0.1) is 6.61 Å². The smallest absolute Gasteiger partial charge is 0.0556 e. The van der Waals surface area contributed by atoms with Gasteiger partial charge < -0.3 is 10.1 Å². The number of hydrogen-bond donors (Lipinski definition) is 1. The van der Waals surface area contributed by atoms with Crippen LogP contribution in [0.25, 0.3) is 0 Å². The number of benzene rings is 1. The minimum absolute atomic E-state index is 0.484. The predicted molar refractivity (Wildman–Crippen MR) is 75.8 cm³/mol. The van der Waals surface area contributed by atoms with Crippen molar-refractivity contribution in [3.8, 4) is 0 Å². The fraction of sp³-hybridized carbons (Fsp3) is 0.571. The zero-order valence-electron chi connectivity index (χ0n) is 11.0. The monoisotopic (exact) mass is 253 g/mol. The van der Waals surface area contributed by atoms with E-state index in [1.165, 1.54) is 10.5 Å². The van der Waals surface area contributed by atoms with Crippen LogP contribution in [0.5, 0.6) is 0 Å². The van der Waals surface area contributed by atoms with Crippen molar-refractivity contribution in [3.05, 3.63) is 29.8 Å². The minimum Gasteiger partial charge on any atom is -0.384 e. The zero-order valence-corrected chi connectivity index (χ0v) is 11.8. The molecule has 1 unspecified atom stereocenters. The van der Waals surface area contributed by atoms with Gasteiger partial charge in [0.15, 0.2) is 0 Å². The third-order valence-corrected chi connectivity index (χ3v) is 3.67. The molecule has 2 nitrogen and oxygen atoms in total. The van der Waals surface area contributed by atoms with Crippen LogP contribution in [0, 0.1) is 0 Å². The quantitative estimate of drug-likeness (QED) is 0.566. The summed E-state index contributed by atoms with van der Waals surface area (Å²) in [5.41, 5.74) is 1.38. The summed E-state index contributed by atoms with van der Waals surface area (Å²) in [5.74, 6) is 1.01. The molecule has 0 amide bonds. The predicted octanol–water partition coefficient (Wildman–Crippen LogP) is 3.49. The van der Waals surface area contributed by atoms with E-state index in [1.54, 1.807) is 7.11 Å². The Morgan fingerprint density at radius 2 is 1.94 bits per heavy atom. The molecule has 1 rings (SSSR count). The number of rotatable bonds is 8. The van der Waals surface area contributed by atoms with E-state index >= 15 is 0 Å². The first-order valence-electron chi connectivity index (χ1n) is 6.26. The first kappa shape index (κ1) is 14.6. The molecule has 0 spiro atoms. The Hall–Kier alpha value is -0.510. The Bertz CT molecular complexity index is 300. The van der Waals surface area contributed by atoms with Gasteiger partial charge in [0.2, 0.25) is 0 Å². The molecule has 17 heavy (non-hydrogen) atoms. The molecule has 1 atom stereocenters. The first-order valence-corrected chi connectivity index (χ1v) is 7.25. The number of hydrogen-bond acceptors (Lipinski definition) is 3. The summed E-state index contributed by atoms with van der Waals surface area (Å²) in [5, 5.41) is 3.49. The van der Waals surface area contributed by atoms with Crippen LogP contribution in [0.1, 0.15) is 31.9 Å². The van der Waals surface area contributed by atoms with Crippen molar-refractivity contribution in [2.75, 3.05) is 26.0 Å². The van der Waals surface area contributed by atoms with Gasteiger partial charge in [-0.3, -0.25) is 0 Å². The lowest BCUT2D eigenvalue weighted by molar-refractivity contribution is 0.218. The van der Waals surface area contributed by atoms with E-state index in [-0.39, 0.29) is 0 Å². The second-order valence-electron chi connectivity index (χ2n) is 3.93. The largest absolute Gasteiger partial charge is 0.384 e. The summed E-state index contributed by atoms with van der Waals surface area (Å²) in [6.07, 6.45) is 1.13. The summed E-state index contributed by atoms with van der Waals surface area (Å²) in [4.78, 5) is 1.32. The Balaban J connectivity index is 2.53. The average molecular weight is 253 g/mol. The highest BCUT2D eigenvalue weighted by Gasteiger charge is 2.06. The van der Waals surface area contributed by atoms with Gasteiger partial charge in [0.1, 0.15) is 0 Å². The lowest BCUT2D eigenvalue weighted by atomic mass is 10.1. The molecule has 1 aromatic carbocycles. The van der Waals surface area contributed by atoms with E-state index in [2.05, 4.69) is 43.4 Å². The lowest BCUT2D eigenvalue weighted by Crippen LogP contribution is -2.19. The molecule has 0 aromatic heterocycles. The number of thioether (sulfide) groups is 1. The normalized spacial score (nSPS) is 12.6. The molecule has 0 aliphatic carbocycles. The summed E-state index contributed by atoms with van der Waals surface area (Å²) in [7, 11) is 1.74. The van der Waals surface area contributed by atoms with E-state index in [9.17, 15) is 0 Å². The SMILES string of the molecule is CCNC(CC)c1ccc(SCCOC)cc1. The average Bonchev–Trinajstić information content (AvgIpc) is 2.37. The van der Waals surface area contributed by atoms with Crippen LogP contribution in [-0.2, 0) is 4.74 Å². The highest BCUT2D eigenvalue weighted by atomic mass is 32.2. The van der Waals surface area contributed by atoms with Crippen LogP contribution in [0.15, 0.2) is 29.2 Å². The molecule has 0 aliphatic heterocycles. The molecule has 0 saturated carbocycles. The third-order valence-electron chi connectivity index (χ3n) is 2.70. The Morgan fingerprint density at radius 1 is 1.24 bits per heavy atom. The van der Waals surface area contributed by atoms with Gasteiger partial charge >= 0.3 is 0 Å². The van der Waals surface area contributed by atoms with Crippen LogP contribution in [0.3, 0.4) is 0 Å². The summed E-state index contributed by atoms with van der Waals surface area (Å²) >= 11 is 1.84. The van der Waals surface area contributed by atoms with Crippen LogP contribution in [0.4, 0.5) is 0 Å². The van der Waals surface area contributed by atoms with Gasteiger partial charge in [-0.25, -0.2) is 0 Å². The number of nitrogens with one attached hydrogen (secondary N) is 1. The van der Waals surface area contributed by atoms with Crippen LogP contribution in [0.2, 0.25) is 0 Å². The van der Waals surface area contributed by atoms with Crippen molar-refractivity contribution in [3.63, 3.8) is 0 Å². The van der Waals surface area contributed by atoms with Crippen molar-refractivity contribution in [2.45, 2.75) is 31.2 Å². The second-order valence-corrected chi connectivity index (χ2v) is 5.10. The van der Waals surface area contributed by atoms with Crippen LogP contribution in [-0.4, -0.2) is 26.0 Å². The highest BCUT2D eigenvalue weighted by molar-refractivity contribution is 7.99. The molecule has 0 heterocycles. The van der Waals surface area contributed by atoms with Crippen LogP contribution >= 0.6 is 11.8 Å². The maximum atomic E-state index is 5.04. The van der Waals surface area contributed by atoms with E-state index in [0.29, 0.717) is 6.04 Å². The van der Waals surface area contributed by atoms with Gasteiger partial charge in [0.25, 0.3) is 0 Å². The van der Waals surface area contributed by atoms with Gasteiger partial charge in [-0.05, 0) is 30.7 Å². The van der Waals surface area contributed by atoms with Gasteiger partial charge in [0, 0.05) is 23.8 Å². The second kappa shape index (κ2) is 8.56. The van der Waals surface area contributed by atoms with Crippen molar-refractivity contribution < 1.29 is 4.74 Å². The minimum atomic E-state index is 0.484. The molecule has 96 valence electrons. The van der Waals surface area contributed by atoms with Gasteiger partial charge in [-0.15, -0.1) is 11.8 Å². The summed E-state index contributed by atoms with van der Waals surface area (Å²) in [6.45, 7) is 6.19. The number of methoxy groups -OCH3 is 1. The molecule has 0 radical (unpaired) electrons. The summed E-state index contributed by atoms with van der Waals surface area (Å²) in [6, 6.07) is 9.35. The molecule has 3 heteroatoms. The van der Waals surface area contributed by atoms with Crippen molar-refractivity contribution in [2.24, 2.45) is 0 Å². The lowest BCUT2D eigenvalue weighted by Gasteiger charge is -2.16. The van der Waals surface area contributed by atoms with E-state index in [1.807, 2.05) is 11.8 Å². The van der Waals surface area contributed by atoms with E-state index in [0.717, 1.165) is 25.3 Å². The van der Waals surface area contributed by atoms with Crippen molar-refractivity contribution in [1.29, 1.82) is 0 Å². The maximum Gasteiger partial charge on any atom is 0.0556 e. The number of ether oxygens (including phenoxy) is 1. The fourth-order valence-corrected chi connectivity index (χ4v) is 2.60. The maximum absolute atomic E-state index is 5.04. The molecule has 0 aliphatic rings. The highest BCUT2D eigenvalue weighted by Crippen LogP contribution is 2.22. The molecular weight excluding hydrogens is 230 g/mol. The summed E-state index contributed by atoms with van der Waals surface area (Å²) < 4.78 is 5.04. The zero-order chi connectivity index (χ0) is 12.5. The Morgan fingerprint density at radius 3 is 2.47 bits per heavy atom. The van der Waals surface area contributed by atoms with Crippen molar-refractivity contribution >= 4 is 11.8 Å². The first-order chi connectivity index (χ1) is 8.31. The molecule has 1 aromatic rings. The molecule has 1 N–H and O–H groups in total. The van der Waals surface area contributed by atoms with E-state index in [4.69, 9.17) is 4.74 Å². The Kier molecular flexibility index (Phi) is 7.33. The standard InChI is InChI=1S/C14H23NOS/c1-4-14(15-5-2)12-6-8-13(9-7-12)17-11-10-16-3/h6-9,14-15H,4-5,10-11H2,1-3H3. The van der Waals surface area contributed by atoms with Crippen molar-refractivity contribution in [1.82, 2.24) is 5.32 Å². The molecular formula is C14H23NOS. The topological polar surface area (TPSA) is 21.3 Å². The third kappa shape index (κ3) is 5.11.